The van der Waals surface area contributed by atoms with E-state index in [2.05, 4.69) is 53.4 Å². The van der Waals surface area contributed by atoms with Crippen LogP contribution in [-0.4, -0.2) is 55.4 Å². The second-order valence-corrected chi connectivity index (χ2v) is 8.18. The van der Waals surface area contributed by atoms with Gasteiger partial charge in [0, 0.05) is 31.5 Å². The maximum Gasteiger partial charge on any atom is 0.306 e. The molecule has 5 rings (SSSR count). The molecule has 5 nitrogen and oxygen atoms in total. The summed E-state index contributed by atoms with van der Waals surface area (Å²) in [7, 11) is 0. The summed E-state index contributed by atoms with van der Waals surface area (Å²) in [6.07, 6.45) is 1.39. The number of carbonyl (C=O) groups excluding carboxylic acids is 1. The molecule has 0 N–H and O–H groups in total. The Morgan fingerprint density at radius 3 is 2.45 bits per heavy atom. The smallest absolute Gasteiger partial charge is 0.306 e. The van der Waals surface area contributed by atoms with Gasteiger partial charge in [0.2, 0.25) is 0 Å². The van der Waals surface area contributed by atoms with Crippen molar-refractivity contribution in [3.8, 4) is 11.1 Å². The van der Waals surface area contributed by atoms with Gasteiger partial charge in [0.1, 0.15) is 6.10 Å². The maximum absolute atomic E-state index is 11.8. The van der Waals surface area contributed by atoms with Crippen molar-refractivity contribution >= 4 is 5.97 Å². The summed E-state index contributed by atoms with van der Waals surface area (Å²) in [5.41, 5.74) is 3.60. The molecule has 1 aliphatic carbocycles. The zero-order chi connectivity index (χ0) is 19.6. The highest BCUT2D eigenvalue weighted by Gasteiger charge is 2.52. The summed E-state index contributed by atoms with van der Waals surface area (Å²) < 4.78 is 17.5. The number of hydrogen-bond acceptors (Lipinski definition) is 5. The minimum Gasteiger partial charge on any atom is -0.462 e. The lowest BCUT2D eigenvalue weighted by molar-refractivity contribution is -0.142. The van der Waals surface area contributed by atoms with Crippen molar-refractivity contribution in [1.82, 2.24) is 4.90 Å². The number of benzene rings is 2. The first kappa shape index (κ1) is 18.8. The average molecular weight is 393 g/mol. The quantitative estimate of drug-likeness (QED) is 0.730. The fourth-order valence-electron chi connectivity index (χ4n) is 5.01. The number of rotatable bonds is 5. The predicted molar refractivity (Wildman–Crippen MR) is 109 cm³/mol. The average Bonchev–Trinajstić information content (AvgIpc) is 3.29. The van der Waals surface area contributed by atoms with Crippen molar-refractivity contribution in [2.24, 2.45) is 5.92 Å². The summed E-state index contributed by atoms with van der Waals surface area (Å²) in [4.78, 5) is 14.3. The van der Waals surface area contributed by atoms with Crippen LogP contribution in [0.5, 0.6) is 0 Å². The Labute approximate surface area is 171 Å². The van der Waals surface area contributed by atoms with Crippen LogP contribution in [0.4, 0.5) is 0 Å². The molecule has 3 aliphatic rings. The summed E-state index contributed by atoms with van der Waals surface area (Å²) in [5, 5.41) is 0. The lowest BCUT2D eigenvalue weighted by Gasteiger charge is -2.37. The molecule has 2 aromatic carbocycles. The first-order valence-corrected chi connectivity index (χ1v) is 10.6. The van der Waals surface area contributed by atoms with Crippen LogP contribution < -0.4 is 0 Å². The Balaban J connectivity index is 1.26. The molecule has 2 saturated heterocycles. The second kappa shape index (κ2) is 8.27. The van der Waals surface area contributed by atoms with Crippen LogP contribution >= 0.6 is 0 Å². The predicted octanol–water partition coefficient (Wildman–Crippen LogP) is 3.28. The Morgan fingerprint density at radius 2 is 1.69 bits per heavy atom. The number of ether oxygens (including phenoxy) is 3. The lowest BCUT2D eigenvalue weighted by atomic mass is 9.97. The molecular formula is C24H27NO4. The van der Waals surface area contributed by atoms with Gasteiger partial charge in [-0.25, -0.2) is 0 Å². The summed E-state index contributed by atoms with van der Waals surface area (Å²) in [6.45, 7) is 3.86. The van der Waals surface area contributed by atoms with Crippen molar-refractivity contribution in [3.63, 3.8) is 0 Å². The van der Waals surface area contributed by atoms with Crippen LogP contribution in [0.2, 0.25) is 0 Å². The van der Waals surface area contributed by atoms with E-state index in [1.807, 2.05) is 6.07 Å². The molecule has 2 aromatic rings. The molecule has 2 heterocycles. The maximum atomic E-state index is 11.8. The van der Waals surface area contributed by atoms with E-state index in [0.717, 1.165) is 32.7 Å². The zero-order valence-corrected chi connectivity index (χ0v) is 16.5. The molecule has 1 saturated carbocycles. The fourth-order valence-corrected chi connectivity index (χ4v) is 5.01. The van der Waals surface area contributed by atoms with Gasteiger partial charge in [0.25, 0.3) is 0 Å². The van der Waals surface area contributed by atoms with Crippen LogP contribution in [0.15, 0.2) is 54.6 Å². The Kier molecular flexibility index (Phi) is 5.36. The second-order valence-electron chi connectivity index (χ2n) is 8.18. The standard InChI is InChI=1S/C24H27NO4/c26-23-14-20-21(29-23)15-22(24(20)25-10-12-27-13-11-25)28-16-17-6-8-19(9-7-17)18-4-2-1-3-5-18/h1-9,20-22,24H,10-16H2/t20-,21-,22+,24+/m1/s1. The lowest BCUT2D eigenvalue weighted by Crippen LogP contribution is -2.50. The van der Waals surface area contributed by atoms with Crippen LogP contribution in [0.25, 0.3) is 11.1 Å². The largest absolute Gasteiger partial charge is 0.462 e. The highest BCUT2D eigenvalue weighted by Crippen LogP contribution is 2.41. The van der Waals surface area contributed by atoms with E-state index < -0.39 is 0 Å². The number of carbonyl (C=O) groups is 1. The van der Waals surface area contributed by atoms with Crippen molar-refractivity contribution in [2.75, 3.05) is 26.3 Å². The first-order valence-electron chi connectivity index (χ1n) is 10.6. The van der Waals surface area contributed by atoms with E-state index in [-0.39, 0.29) is 30.1 Å². The molecule has 0 bridgehead atoms. The Morgan fingerprint density at radius 1 is 0.966 bits per heavy atom. The van der Waals surface area contributed by atoms with E-state index >= 15 is 0 Å². The Bertz CT molecular complexity index is 832. The first-order chi connectivity index (χ1) is 14.3. The fraction of sp³-hybridized carbons (Fsp3) is 0.458. The summed E-state index contributed by atoms with van der Waals surface area (Å²) in [5.74, 6) is 0.180. The van der Waals surface area contributed by atoms with Crippen molar-refractivity contribution in [1.29, 1.82) is 0 Å². The highest BCUT2D eigenvalue weighted by molar-refractivity contribution is 5.72. The molecule has 0 radical (unpaired) electrons. The molecule has 0 aromatic heterocycles. The van der Waals surface area contributed by atoms with Gasteiger partial charge in [-0.1, -0.05) is 54.6 Å². The van der Waals surface area contributed by atoms with Gasteiger partial charge in [-0.15, -0.1) is 0 Å². The van der Waals surface area contributed by atoms with Crippen molar-refractivity contribution < 1.29 is 19.0 Å². The number of hydrogen-bond donors (Lipinski definition) is 0. The van der Waals surface area contributed by atoms with Gasteiger partial charge in [-0.3, -0.25) is 9.69 Å². The van der Waals surface area contributed by atoms with Crippen LogP contribution in [-0.2, 0) is 25.6 Å². The summed E-state index contributed by atoms with van der Waals surface area (Å²) >= 11 is 0. The SMILES string of the molecule is O=C1C[C@H]2[C@H](N3CCOCC3)[C@@H](OCc3ccc(-c4ccccc4)cc3)C[C@H]2O1. The molecule has 0 spiro atoms. The molecule has 3 fully saturated rings. The van der Waals surface area contributed by atoms with Gasteiger partial charge in [0.05, 0.1) is 32.3 Å². The minimum absolute atomic E-state index is 0.000742. The van der Waals surface area contributed by atoms with Gasteiger partial charge < -0.3 is 14.2 Å². The number of fused-ring (bicyclic) bond motifs is 1. The minimum atomic E-state index is -0.0618. The molecule has 0 amide bonds. The van der Waals surface area contributed by atoms with Gasteiger partial charge >= 0.3 is 5.97 Å². The van der Waals surface area contributed by atoms with Gasteiger partial charge in [-0.2, -0.15) is 0 Å². The third-order valence-electron chi connectivity index (χ3n) is 6.44. The van der Waals surface area contributed by atoms with Gasteiger partial charge in [0.15, 0.2) is 0 Å². The van der Waals surface area contributed by atoms with Crippen LogP contribution in [0.1, 0.15) is 18.4 Å². The zero-order valence-electron chi connectivity index (χ0n) is 16.5. The van der Waals surface area contributed by atoms with Crippen LogP contribution in [0.3, 0.4) is 0 Å². The van der Waals surface area contributed by atoms with Gasteiger partial charge in [-0.05, 0) is 16.7 Å². The van der Waals surface area contributed by atoms with E-state index in [1.165, 1.54) is 16.7 Å². The van der Waals surface area contributed by atoms with E-state index in [1.54, 1.807) is 0 Å². The molecular weight excluding hydrogens is 366 g/mol. The number of morpholine rings is 1. The normalized spacial score (nSPS) is 29.6. The van der Waals surface area contributed by atoms with Crippen LogP contribution in [0, 0.1) is 5.92 Å². The highest BCUT2D eigenvalue weighted by atomic mass is 16.6. The topological polar surface area (TPSA) is 48.0 Å². The summed E-state index contributed by atoms with van der Waals surface area (Å²) in [6, 6.07) is 19.2. The molecule has 152 valence electrons. The van der Waals surface area contributed by atoms with E-state index in [4.69, 9.17) is 14.2 Å². The molecule has 4 atom stereocenters. The molecule has 29 heavy (non-hydrogen) atoms. The molecule has 5 heteroatoms. The third-order valence-corrected chi connectivity index (χ3v) is 6.44. The Hall–Kier alpha value is -2.21. The van der Waals surface area contributed by atoms with E-state index in [0.29, 0.717) is 13.0 Å². The molecule has 0 unspecified atom stereocenters. The van der Waals surface area contributed by atoms with Crippen molar-refractivity contribution in [3.05, 3.63) is 60.2 Å². The molecule has 2 aliphatic heterocycles. The third kappa shape index (κ3) is 3.95. The van der Waals surface area contributed by atoms with Crippen molar-refractivity contribution in [2.45, 2.75) is 37.7 Å². The number of esters is 1. The number of nitrogens with zero attached hydrogens (tertiary/aromatic N) is 1. The van der Waals surface area contributed by atoms with E-state index in [9.17, 15) is 4.79 Å². The monoisotopic (exact) mass is 393 g/mol.